The molecular formula is C12H15Cl2NO2. The van der Waals surface area contributed by atoms with Gasteiger partial charge in [-0.25, -0.2) is 0 Å². The molecule has 1 unspecified atom stereocenters. The SMILES string of the molecule is COC(=O)CCCC(N)c1ccc(Cl)cc1Cl. The number of rotatable bonds is 5. The molecule has 0 amide bonds. The molecular weight excluding hydrogens is 261 g/mol. The predicted molar refractivity (Wildman–Crippen MR) is 69.3 cm³/mol. The summed E-state index contributed by atoms with van der Waals surface area (Å²) in [5.74, 6) is -0.223. The molecule has 0 radical (unpaired) electrons. The number of carbonyl (C=O) groups excluding carboxylic acids is 1. The molecule has 0 bridgehead atoms. The molecule has 0 aliphatic heterocycles. The maximum atomic E-state index is 10.9. The monoisotopic (exact) mass is 275 g/mol. The maximum Gasteiger partial charge on any atom is 0.305 e. The van der Waals surface area contributed by atoms with E-state index in [0.717, 1.165) is 5.56 Å². The Bertz CT molecular complexity index is 396. The molecule has 1 aromatic rings. The highest BCUT2D eigenvalue weighted by Crippen LogP contribution is 2.27. The van der Waals surface area contributed by atoms with Crippen LogP contribution in [-0.4, -0.2) is 13.1 Å². The van der Waals surface area contributed by atoms with Crippen molar-refractivity contribution in [1.29, 1.82) is 0 Å². The van der Waals surface area contributed by atoms with Crippen LogP contribution in [0.4, 0.5) is 0 Å². The van der Waals surface area contributed by atoms with Gasteiger partial charge in [0, 0.05) is 22.5 Å². The highest BCUT2D eigenvalue weighted by molar-refractivity contribution is 6.35. The van der Waals surface area contributed by atoms with Gasteiger partial charge in [0.15, 0.2) is 0 Å². The van der Waals surface area contributed by atoms with E-state index in [1.165, 1.54) is 7.11 Å². The molecule has 17 heavy (non-hydrogen) atoms. The van der Waals surface area contributed by atoms with Crippen LogP contribution in [0.25, 0.3) is 0 Å². The zero-order valence-electron chi connectivity index (χ0n) is 9.58. The van der Waals surface area contributed by atoms with Gasteiger partial charge in [0.1, 0.15) is 0 Å². The molecule has 0 heterocycles. The van der Waals surface area contributed by atoms with Crippen molar-refractivity contribution in [2.75, 3.05) is 7.11 Å². The number of halogens is 2. The van der Waals surface area contributed by atoms with Crippen LogP contribution in [0.1, 0.15) is 30.9 Å². The highest BCUT2D eigenvalue weighted by atomic mass is 35.5. The van der Waals surface area contributed by atoms with Crippen LogP contribution in [0.15, 0.2) is 18.2 Å². The van der Waals surface area contributed by atoms with Gasteiger partial charge in [-0.2, -0.15) is 0 Å². The van der Waals surface area contributed by atoms with Crippen molar-refractivity contribution in [2.24, 2.45) is 5.73 Å². The number of methoxy groups -OCH3 is 1. The van der Waals surface area contributed by atoms with E-state index >= 15 is 0 Å². The van der Waals surface area contributed by atoms with Crippen LogP contribution in [0.5, 0.6) is 0 Å². The minimum absolute atomic E-state index is 0.190. The van der Waals surface area contributed by atoms with Gasteiger partial charge in [-0.05, 0) is 30.5 Å². The van der Waals surface area contributed by atoms with Crippen LogP contribution in [0.3, 0.4) is 0 Å². The number of ether oxygens (including phenoxy) is 1. The zero-order chi connectivity index (χ0) is 12.8. The van der Waals surface area contributed by atoms with Crippen LogP contribution >= 0.6 is 23.2 Å². The lowest BCUT2D eigenvalue weighted by atomic mass is 10.0. The second-order valence-electron chi connectivity index (χ2n) is 3.74. The summed E-state index contributed by atoms with van der Waals surface area (Å²) in [6, 6.07) is 5.04. The first kappa shape index (κ1) is 14.3. The Labute approximate surface area is 111 Å². The Morgan fingerprint density at radius 1 is 1.47 bits per heavy atom. The van der Waals surface area contributed by atoms with Crippen molar-refractivity contribution >= 4 is 29.2 Å². The lowest BCUT2D eigenvalue weighted by Gasteiger charge is -2.13. The van der Waals surface area contributed by atoms with E-state index in [0.29, 0.717) is 29.3 Å². The number of hydrogen-bond acceptors (Lipinski definition) is 3. The third-order valence-electron chi connectivity index (χ3n) is 2.49. The summed E-state index contributed by atoms with van der Waals surface area (Å²) in [5.41, 5.74) is 6.84. The maximum absolute atomic E-state index is 10.9. The molecule has 2 N–H and O–H groups in total. The average molecular weight is 276 g/mol. The summed E-state index contributed by atoms with van der Waals surface area (Å²) < 4.78 is 4.55. The summed E-state index contributed by atoms with van der Waals surface area (Å²) in [7, 11) is 1.37. The Hall–Kier alpha value is -0.770. The first-order valence-electron chi connectivity index (χ1n) is 5.32. The largest absolute Gasteiger partial charge is 0.469 e. The van der Waals surface area contributed by atoms with Crippen molar-refractivity contribution in [1.82, 2.24) is 0 Å². The second kappa shape index (κ2) is 6.84. The van der Waals surface area contributed by atoms with E-state index in [-0.39, 0.29) is 12.0 Å². The van der Waals surface area contributed by atoms with E-state index in [1.54, 1.807) is 12.1 Å². The standard InChI is InChI=1S/C12H15Cl2NO2/c1-17-12(16)4-2-3-11(15)9-6-5-8(13)7-10(9)14/h5-7,11H,2-4,15H2,1H3. The minimum atomic E-state index is -0.223. The second-order valence-corrected chi connectivity index (χ2v) is 4.58. The third-order valence-corrected chi connectivity index (χ3v) is 3.05. The fourth-order valence-electron chi connectivity index (χ4n) is 1.53. The highest BCUT2D eigenvalue weighted by Gasteiger charge is 2.11. The van der Waals surface area contributed by atoms with Gasteiger partial charge in [-0.3, -0.25) is 4.79 Å². The van der Waals surface area contributed by atoms with Crippen LogP contribution < -0.4 is 5.73 Å². The molecule has 1 rings (SSSR count). The van der Waals surface area contributed by atoms with E-state index in [2.05, 4.69) is 4.74 Å². The number of benzene rings is 1. The summed E-state index contributed by atoms with van der Waals surface area (Å²) in [6.45, 7) is 0. The molecule has 1 aromatic carbocycles. The normalized spacial score (nSPS) is 12.2. The van der Waals surface area contributed by atoms with Gasteiger partial charge in [-0.15, -0.1) is 0 Å². The molecule has 1 atom stereocenters. The molecule has 0 aromatic heterocycles. The number of hydrogen-bond donors (Lipinski definition) is 1. The topological polar surface area (TPSA) is 52.3 Å². The molecule has 0 aliphatic carbocycles. The minimum Gasteiger partial charge on any atom is -0.469 e. The Morgan fingerprint density at radius 2 is 2.18 bits per heavy atom. The summed E-state index contributed by atoms with van der Waals surface area (Å²) >= 11 is 11.8. The molecule has 0 saturated heterocycles. The van der Waals surface area contributed by atoms with Crippen LogP contribution in [0, 0.1) is 0 Å². The zero-order valence-corrected chi connectivity index (χ0v) is 11.1. The summed E-state index contributed by atoms with van der Waals surface area (Å²) in [4.78, 5) is 10.9. The Balaban J connectivity index is 2.52. The Kier molecular flexibility index (Phi) is 5.75. The smallest absolute Gasteiger partial charge is 0.305 e. The van der Waals surface area contributed by atoms with Crippen LogP contribution in [-0.2, 0) is 9.53 Å². The lowest BCUT2D eigenvalue weighted by Crippen LogP contribution is -2.11. The van der Waals surface area contributed by atoms with Crippen LogP contribution in [0.2, 0.25) is 10.0 Å². The van der Waals surface area contributed by atoms with Gasteiger partial charge in [-0.1, -0.05) is 29.3 Å². The van der Waals surface area contributed by atoms with E-state index in [9.17, 15) is 4.79 Å². The molecule has 0 aliphatic rings. The van der Waals surface area contributed by atoms with Crippen molar-refractivity contribution in [3.63, 3.8) is 0 Å². The van der Waals surface area contributed by atoms with E-state index < -0.39 is 0 Å². The first-order valence-corrected chi connectivity index (χ1v) is 6.07. The van der Waals surface area contributed by atoms with Crippen molar-refractivity contribution < 1.29 is 9.53 Å². The van der Waals surface area contributed by atoms with Crippen molar-refractivity contribution in [3.05, 3.63) is 33.8 Å². The Morgan fingerprint density at radius 3 is 2.76 bits per heavy atom. The van der Waals surface area contributed by atoms with Gasteiger partial charge in [0.05, 0.1) is 7.11 Å². The fraction of sp³-hybridized carbons (Fsp3) is 0.417. The van der Waals surface area contributed by atoms with Gasteiger partial charge >= 0.3 is 5.97 Å². The van der Waals surface area contributed by atoms with Crippen molar-refractivity contribution in [2.45, 2.75) is 25.3 Å². The summed E-state index contributed by atoms with van der Waals surface area (Å²) in [6.07, 6.45) is 1.72. The molecule has 0 fully saturated rings. The molecule has 94 valence electrons. The van der Waals surface area contributed by atoms with Gasteiger partial charge in [0.2, 0.25) is 0 Å². The molecule has 5 heteroatoms. The van der Waals surface area contributed by atoms with E-state index in [1.807, 2.05) is 6.07 Å². The first-order chi connectivity index (χ1) is 8.04. The summed E-state index contributed by atoms with van der Waals surface area (Å²) in [5, 5.41) is 1.14. The third kappa shape index (κ3) is 4.54. The quantitative estimate of drug-likeness (QED) is 0.839. The molecule has 3 nitrogen and oxygen atoms in total. The van der Waals surface area contributed by atoms with Crippen molar-refractivity contribution in [3.8, 4) is 0 Å². The molecule has 0 spiro atoms. The average Bonchev–Trinajstić information content (AvgIpc) is 2.28. The lowest BCUT2D eigenvalue weighted by molar-refractivity contribution is -0.140. The predicted octanol–water partition coefficient (Wildman–Crippen LogP) is 3.34. The molecule has 0 saturated carbocycles. The van der Waals surface area contributed by atoms with Gasteiger partial charge in [0.25, 0.3) is 0 Å². The number of carbonyl (C=O) groups is 1. The van der Waals surface area contributed by atoms with E-state index in [4.69, 9.17) is 28.9 Å². The number of esters is 1. The number of nitrogens with two attached hydrogens (primary N) is 1. The fourth-order valence-corrected chi connectivity index (χ4v) is 2.07. The van der Waals surface area contributed by atoms with Gasteiger partial charge < -0.3 is 10.5 Å².